The number of thioether (sulfide) groups is 1. The Morgan fingerprint density at radius 1 is 1.50 bits per heavy atom. The fourth-order valence-corrected chi connectivity index (χ4v) is 1.55. The van der Waals surface area contributed by atoms with Gasteiger partial charge in [-0.1, -0.05) is 0 Å². The summed E-state index contributed by atoms with van der Waals surface area (Å²) < 4.78 is 0. The van der Waals surface area contributed by atoms with Gasteiger partial charge >= 0.3 is 6.03 Å². The molecule has 0 radical (unpaired) electrons. The first-order valence-corrected chi connectivity index (χ1v) is 6.14. The summed E-state index contributed by atoms with van der Waals surface area (Å²) in [6.45, 7) is 4.47. The molecule has 0 aromatic carbocycles. The highest BCUT2D eigenvalue weighted by molar-refractivity contribution is 7.98. The van der Waals surface area contributed by atoms with Crippen molar-refractivity contribution in [3.8, 4) is 0 Å². The lowest BCUT2D eigenvalue weighted by Crippen LogP contribution is -2.45. The molecule has 0 rings (SSSR count). The molecule has 84 valence electrons. The van der Waals surface area contributed by atoms with E-state index < -0.39 is 5.60 Å². The van der Waals surface area contributed by atoms with Crippen molar-refractivity contribution in [3.05, 3.63) is 0 Å². The minimum Gasteiger partial charge on any atom is -0.388 e. The van der Waals surface area contributed by atoms with Crippen LogP contribution in [0.5, 0.6) is 0 Å². The number of rotatable bonds is 6. The van der Waals surface area contributed by atoms with Gasteiger partial charge in [0, 0.05) is 13.1 Å². The number of amides is 2. The first-order chi connectivity index (χ1) is 6.52. The van der Waals surface area contributed by atoms with E-state index in [9.17, 15) is 9.90 Å². The van der Waals surface area contributed by atoms with Crippen molar-refractivity contribution in [3.63, 3.8) is 0 Å². The third kappa shape index (κ3) is 7.03. The van der Waals surface area contributed by atoms with E-state index >= 15 is 0 Å². The van der Waals surface area contributed by atoms with Gasteiger partial charge in [-0.05, 0) is 32.3 Å². The van der Waals surface area contributed by atoms with Crippen molar-refractivity contribution in [2.75, 3.05) is 25.1 Å². The van der Waals surface area contributed by atoms with E-state index in [1.165, 1.54) is 0 Å². The summed E-state index contributed by atoms with van der Waals surface area (Å²) in [6, 6.07) is -0.225. The summed E-state index contributed by atoms with van der Waals surface area (Å²) >= 11 is 1.68. The molecule has 0 unspecified atom stereocenters. The van der Waals surface area contributed by atoms with Crippen LogP contribution >= 0.6 is 11.8 Å². The van der Waals surface area contributed by atoms with E-state index in [-0.39, 0.29) is 6.03 Å². The molecule has 0 saturated carbocycles. The van der Waals surface area contributed by atoms with Crippen LogP contribution in [-0.4, -0.2) is 41.8 Å². The zero-order valence-corrected chi connectivity index (χ0v) is 9.91. The fourth-order valence-electron chi connectivity index (χ4n) is 0.904. The van der Waals surface area contributed by atoms with Crippen molar-refractivity contribution in [1.82, 2.24) is 10.6 Å². The Balaban J connectivity index is 3.68. The summed E-state index contributed by atoms with van der Waals surface area (Å²) in [5.41, 5.74) is -0.811. The maximum Gasteiger partial charge on any atom is 0.314 e. The number of carbonyl (C=O) groups is 1. The molecule has 0 aliphatic rings. The standard InChI is InChI=1S/C9H20N2O2S/c1-4-10-8(12)11-7-9(2,13)5-6-14-3/h13H,4-7H2,1-3H3,(H2,10,11,12)/t9-/m0/s1. The van der Waals surface area contributed by atoms with Gasteiger partial charge in [-0.2, -0.15) is 11.8 Å². The van der Waals surface area contributed by atoms with Crippen LogP contribution in [0.2, 0.25) is 0 Å². The highest BCUT2D eigenvalue weighted by Gasteiger charge is 2.20. The number of urea groups is 1. The summed E-state index contributed by atoms with van der Waals surface area (Å²) in [7, 11) is 0. The lowest BCUT2D eigenvalue weighted by molar-refractivity contribution is 0.0594. The Morgan fingerprint density at radius 3 is 2.64 bits per heavy atom. The van der Waals surface area contributed by atoms with Crippen molar-refractivity contribution in [1.29, 1.82) is 0 Å². The molecule has 0 aromatic heterocycles. The fraction of sp³-hybridized carbons (Fsp3) is 0.889. The molecule has 0 heterocycles. The molecule has 0 spiro atoms. The van der Waals surface area contributed by atoms with E-state index in [0.29, 0.717) is 19.5 Å². The van der Waals surface area contributed by atoms with Gasteiger partial charge in [0.15, 0.2) is 0 Å². The van der Waals surface area contributed by atoms with Crippen LogP contribution in [0.15, 0.2) is 0 Å². The molecule has 1 atom stereocenters. The van der Waals surface area contributed by atoms with Crippen LogP contribution in [0.25, 0.3) is 0 Å². The molecule has 0 bridgehead atoms. The average Bonchev–Trinajstić information content (AvgIpc) is 2.13. The molecule has 14 heavy (non-hydrogen) atoms. The van der Waals surface area contributed by atoms with Gasteiger partial charge in [0.05, 0.1) is 5.60 Å². The van der Waals surface area contributed by atoms with E-state index in [4.69, 9.17) is 0 Å². The molecule has 0 aliphatic carbocycles. The van der Waals surface area contributed by atoms with Gasteiger partial charge in [0.25, 0.3) is 0 Å². The topological polar surface area (TPSA) is 61.4 Å². The van der Waals surface area contributed by atoms with Crippen molar-refractivity contribution >= 4 is 17.8 Å². The smallest absolute Gasteiger partial charge is 0.314 e. The van der Waals surface area contributed by atoms with Gasteiger partial charge in [-0.3, -0.25) is 0 Å². The number of hydrogen-bond donors (Lipinski definition) is 3. The molecule has 0 fully saturated rings. The predicted octanol–water partition coefficient (Wildman–Crippen LogP) is 0.810. The highest BCUT2D eigenvalue weighted by Crippen LogP contribution is 2.11. The molecular formula is C9H20N2O2S. The second-order valence-corrected chi connectivity index (χ2v) is 4.44. The number of hydrogen-bond acceptors (Lipinski definition) is 3. The Kier molecular flexibility index (Phi) is 6.74. The third-order valence-electron chi connectivity index (χ3n) is 1.81. The van der Waals surface area contributed by atoms with E-state index in [0.717, 1.165) is 5.75 Å². The quantitative estimate of drug-likeness (QED) is 0.621. The zero-order chi connectivity index (χ0) is 11.0. The van der Waals surface area contributed by atoms with Crippen LogP contribution in [0, 0.1) is 0 Å². The Bertz CT molecular complexity index is 174. The summed E-state index contributed by atoms with van der Waals surface area (Å²) in [5.74, 6) is 0.893. The third-order valence-corrected chi connectivity index (χ3v) is 2.42. The maximum absolute atomic E-state index is 11.0. The molecule has 0 aliphatic heterocycles. The lowest BCUT2D eigenvalue weighted by Gasteiger charge is -2.23. The molecule has 2 amide bonds. The Hall–Kier alpha value is -0.420. The summed E-state index contributed by atoms with van der Waals surface area (Å²) in [5, 5.41) is 15.0. The van der Waals surface area contributed by atoms with Crippen LogP contribution in [0.3, 0.4) is 0 Å². The lowest BCUT2D eigenvalue weighted by atomic mass is 10.0. The molecule has 5 heteroatoms. The minimum atomic E-state index is -0.811. The van der Waals surface area contributed by atoms with Crippen LogP contribution in [0.4, 0.5) is 4.79 Å². The van der Waals surface area contributed by atoms with Gasteiger partial charge in [-0.15, -0.1) is 0 Å². The van der Waals surface area contributed by atoms with E-state index in [1.807, 2.05) is 13.2 Å². The monoisotopic (exact) mass is 220 g/mol. The number of nitrogens with one attached hydrogen (secondary N) is 2. The average molecular weight is 220 g/mol. The van der Waals surface area contributed by atoms with Crippen LogP contribution in [0.1, 0.15) is 20.3 Å². The van der Waals surface area contributed by atoms with Gasteiger partial charge in [-0.25, -0.2) is 4.79 Å². The second-order valence-electron chi connectivity index (χ2n) is 3.45. The first-order valence-electron chi connectivity index (χ1n) is 4.75. The van der Waals surface area contributed by atoms with Crippen LogP contribution in [-0.2, 0) is 0 Å². The Labute approximate surface area is 89.8 Å². The van der Waals surface area contributed by atoms with Crippen molar-refractivity contribution in [2.45, 2.75) is 25.9 Å². The van der Waals surface area contributed by atoms with Gasteiger partial charge in [0.1, 0.15) is 0 Å². The molecule has 3 N–H and O–H groups in total. The largest absolute Gasteiger partial charge is 0.388 e. The van der Waals surface area contributed by atoms with Crippen molar-refractivity contribution in [2.24, 2.45) is 0 Å². The van der Waals surface area contributed by atoms with E-state index in [1.54, 1.807) is 18.7 Å². The number of aliphatic hydroxyl groups is 1. The SMILES string of the molecule is CCNC(=O)NC[C@@](C)(O)CCSC. The second kappa shape index (κ2) is 6.95. The van der Waals surface area contributed by atoms with E-state index in [2.05, 4.69) is 10.6 Å². The van der Waals surface area contributed by atoms with Gasteiger partial charge < -0.3 is 15.7 Å². The first kappa shape index (κ1) is 13.6. The Morgan fingerprint density at radius 2 is 2.14 bits per heavy atom. The predicted molar refractivity (Wildman–Crippen MR) is 60.7 cm³/mol. The molecule has 0 saturated heterocycles. The highest BCUT2D eigenvalue weighted by atomic mass is 32.2. The molecule has 0 aromatic rings. The summed E-state index contributed by atoms with van der Waals surface area (Å²) in [6.07, 6.45) is 2.67. The molecular weight excluding hydrogens is 200 g/mol. The zero-order valence-electron chi connectivity index (χ0n) is 9.09. The number of carbonyl (C=O) groups excluding carboxylic acids is 1. The maximum atomic E-state index is 11.0. The van der Waals surface area contributed by atoms with Crippen LogP contribution < -0.4 is 10.6 Å². The molecule has 4 nitrogen and oxygen atoms in total. The normalized spacial score (nSPS) is 14.6. The summed E-state index contributed by atoms with van der Waals surface area (Å²) in [4.78, 5) is 11.0. The van der Waals surface area contributed by atoms with Crippen molar-refractivity contribution < 1.29 is 9.90 Å². The van der Waals surface area contributed by atoms with Gasteiger partial charge in [0.2, 0.25) is 0 Å². The minimum absolute atomic E-state index is 0.225.